The molecule has 0 radical (unpaired) electrons. The maximum Gasteiger partial charge on any atom is 0.695 e. The summed E-state index contributed by atoms with van der Waals surface area (Å²) in [6, 6.07) is -1.22. The third kappa shape index (κ3) is 3.66. The Balaban J connectivity index is 2.84. The highest BCUT2D eigenvalue weighted by Crippen LogP contribution is 2.29. The van der Waals surface area contributed by atoms with Crippen molar-refractivity contribution in [2.75, 3.05) is 6.61 Å². The highest BCUT2D eigenvalue weighted by Gasteiger charge is 2.49. The molecule has 5 N–H and O–H groups in total. The van der Waals surface area contributed by atoms with E-state index < -0.39 is 51.4 Å². The Hall–Kier alpha value is -0.670. The van der Waals surface area contributed by atoms with Gasteiger partial charge >= 0.3 is 8.25 Å². The van der Waals surface area contributed by atoms with Gasteiger partial charge in [-0.2, -0.15) is 0 Å². The van der Waals surface area contributed by atoms with Crippen LogP contribution in [0.1, 0.15) is 6.92 Å². The van der Waals surface area contributed by atoms with Gasteiger partial charge in [-0.15, -0.1) is 9.42 Å². The summed E-state index contributed by atoms with van der Waals surface area (Å²) in [5, 5.41) is 30.6. The van der Waals surface area contributed by atoms with Gasteiger partial charge in [0, 0.05) is 11.5 Å². The average Bonchev–Trinajstić information content (AvgIpc) is 2.27. The molecule has 1 rings (SSSR count). The zero-order chi connectivity index (χ0) is 13.9. The van der Waals surface area contributed by atoms with Gasteiger partial charge in [-0.3, -0.25) is 4.79 Å². The van der Waals surface area contributed by atoms with E-state index in [1.165, 1.54) is 6.92 Å². The highest BCUT2D eigenvalue weighted by atomic mass is 31.1. The second-order valence-electron chi connectivity index (χ2n) is 3.77. The lowest BCUT2D eigenvalue weighted by atomic mass is 9.97. The molecule has 0 saturated carbocycles. The third-order valence-corrected chi connectivity index (χ3v) is 2.88. The van der Waals surface area contributed by atoms with Crippen molar-refractivity contribution in [3.8, 4) is 0 Å². The van der Waals surface area contributed by atoms with E-state index in [0.717, 1.165) is 0 Å². The minimum atomic E-state index is -3.03. The van der Waals surface area contributed by atoms with Gasteiger partial charge < -0.3 is 25.4 Å². The number of ether oxygens (including phenoxy) is 1. The minimum Gasteiger partial charge on any atom is -0.394 e. The Kier molecular flexibility index (Phi) is 5.54. The molecular formula is C8H15NO8P+. The Labute approximate surface area is 103 Å². The van der Waals surface area contributed by atoms with E-state index in [9.17, 15) is 19.6 Å². The molecule has 1 fully saturated rings. The predicted octanol–water partition coefficient (Wildman–Crippen LogP) is -2.40. The SMILES string of the molecule is CC(=O)NC1C(O)OC(CO)C(O[P+](=O)O)[C@@H]1O. The molecule has 9 nitrogen and oxygen atoms in total. The molecule has 1 heterocycles. The molecule has 18 heavy (non-hydrogen) atoms. The largest absolute Gasteiger partial charge is 0.695 e. The molecule has 10 heteroatoms. The smallest absolute Gasteiger partial charge is 0.394 e. The topological polar surface area (TPSA) is 146 Å². The van der Waals surface area contributed by atoms with Gasteiger partial charge in [-0.1, -0.05) is 0 Å². The van der Waals surface area contributed by atoms with Gasteiger partial charge in [0.15, 0.2) is 12.4 Å². The lowest BCUT2D eigenvalue weighted by Crippen LogP contribution is -2.64. The molecule has 104 valence electrons. The molecular weight excluding hydrogens is 269 g/mol. The van der Waals surface area contributed by atoms with Crippen LogP contribution in [-0.4, -0.2) is 63.4 Å². The van der Waals surface area contributed by atoms with Gasteiger partial charge in [0.2, 0.25) is 5.91 Å². The number of rotatable bonds is 4. The van der Waals surface area contributed by atoms with Gasteiger partial charge in [0.1, 0.15) is 18.2 Å². The Bertz CT molecular complexity index is 326. The quantitative estimate of drug-likeness (QED) is 0.359. The van der Waals surface area contributed by atoms with Crippen molar-refractivity contribution < 1.29 is 38.8 Å². The first-order valence-electron chi connectivity index (χ1n) is 5.09. The fourth-order valence-corrected chi connectivity index (χ4v) is 2.18. The summed E-state index contributed by atoms with van der Waals surface area (Å²) in [6.07, 6.45) is -5.58. The van der Waals surface area contributed by atoms with Crippen LogP contribution in [0.25, 0.3) is 0 Å². The Morgan fingerprint density at radius 3 is 2.56 bits per heavy atom. The first-order chi connectivity index (χ1) is 8.36. The standard InChI is InChI=1S/C8H14NO8P/c1-3(11)9-5-6(12)7(17-18(14)15)4(2-10)16-8(5)13/h4-8,10,12-13H,2H2,1H3,(H-,9,11,14,15)/p+1/t4?,5?,6-,7?,8?/m1/s1. The van der Waals surface area contributed by atoms with Crippen molar-refractivity contribution in [1.29, 1.82) is 0 Å². The van der Waals surface area contributed by atoms with Crippen LogP contribution >= 0.6 is 8.25 Å². The molecule has 5 unspecified atom stereocenters. The van der Waals surface area contributed by atoms with Crippen molar-refractivity contribution in [1.82, 2.24) is 5.32 Å². The van der Waals surface area contributed by atoms with Gasteiger partial charge in [0.25, 0.3) is 0 Å². The van der Waals surface area contributed by atoms with Crippen molar-refractivity contribution in [2.45, 2.75) is 37.6 Å². The van der Waals surface area contributed by atoms with E-state index in [1.54, 1.807) is 0 Å². The summed E-state index contributed by atoms with van der Waals surface area (Å²) in [6.45, 7) is 0.536. The van der Waals surface area contributed by atoms with E-state index in [-0.39, 0.29) is 0 Å². The molecule has 0 bridgehead atoms. The number of hydrogen-bond donors (Lipinski definition) is 5. The molecule has 0 aliphatic carbocycles. The van der Waals surface area contributed by atoms with E-state index in [0.29, 0.717) is 0 Å². The second-order valence-corrected chi connectivity index (χ2v) is 4.46. The van der Waals surface area contributed by atoms with E-state index >= 15 is 0 Å². The molecule has 1 aliphatic rings. The summed E-state index contributed by atoms with van der Waals surface area (Å²) in [5.74, 6) is -0.531. The molecule has 0 aromatic rings. The van der Waals surface area contributed by atoms with Crippen LogP contribution in [0.5, 0.6) is 0 Å². The number of aliphatic hydroxyl groups excluding tert-OH is 3. The summed E-state index contributed by atoms with van der Waals surface area (Å²) < 4.78 is 20.0. The number of carbonyl (C=O) groups excluding carboxylic acids is 1. The Morgan fingerprint density at radius 1 is 1.50 bits per heavy atom. The molecule has 0 aromatic heterocycles. The molecule has 0 aromatic carbocycles. The third-order valence-electron chi connectivity index (χ3n) is 2.45. The number of hydrogen-bond acceptors (Lipinski definition) is 7. The zero-order valence-corrected chi connectivity index (χ0v) is 10.4. The first-order valence-corrected chi connectivity index (χ1v) is 6.22. The van der Waals surface area contributed by atoms with E-state index in [4.69, 9.17) is 14.7 Å². The van der Waals surface area contributed by atoms with Crippen molar-refractivity contribution >= 4 is 14.2 Å². The Morgan fingerprint density at radius 2 is 2.11 bits per heavy atom. The van der Waals surface area contributed by atoms with Crippen LogP contribution < -0.4 is 5.32 Å². The molecule has 1 amide bonds. The van der Waals surface area contributed by atoms with Crippen LogP contribution in [0.15, 0.2) is 0 Å². The van der Waals surface area contributed by atoms with Crippen molar-refractivity contribution in [3.05, 3.63) is 0 Å². The number of carbonyl (C=O) groups is 1. The predicted molar refractivity (Wildman–Crippen MR) is 56.3 cm³/mol. The van der Waals surface area contributed by atoms with Crippen LogP contribution in [0.4, 0.5) is 0 Å². The number of amides is 1. The fraction of sp³-hybridized carbons (Fsp3) is 0.875. The van der Waals surface area contributed by atoms with Crippen molar-refractivity contribution in [3.63, 3.8) is 0 Å². The molecule has 0 spiro atoms. The summed E-state index contributed by atoms with van der Waals surface area (Å²) >= 11 is 0. The highest BCUT2D eigenvalue weighted by molar-refractivity contribution is 7.32. The summed E-state index contributed by atoms with van der Waals surface area (Å²) in [4.78, 5) is 19.6. The van der Waals surface area contributed by atoms with Crippen LogP contribution in [0, 0.1) is 0 Å². The van der Waals surface area contributed by atoms with Gasteiger partial charge in [0.05, 0.1) is 6.61 Å². The number of nitrogens with one attached hydrogen (secondary N) is 1. The van der Waals surface area contributed by atoms with Crippen molar-refractivity contribution in [2.24, 2.45) is 0 Å². The lowest BCUT2D eigenvalue weighted by molar-refractivity contribution is -0.248. The van der Waals surface area contributed by atoms with E-state index in [2.05, 4.69) is 9.84 Å². The average molecular weight is 284 g/mol. The normalized spacial score (nSPS) is 37.2. The monoisotopic (exact) mass is 284 g/mol. The van der Waals surface area contributed by atoms with Gasteiger partial charge in [-0.25, -0.2) is 0 Å². The van der Waals surface area contributed by atoms with Crippen LogP contribution in [0.2, 0.25) is 0 Å². The molecule has 1 saturated heterocycles. The lowest BCUT2D eigenvalue weighted by Gasteiger charge is -2.39. The van der Waals surface area contributed by atoms with Crippen LogP contribution in [-0.2, 0) is 18.6 Å². The van der Waals surface area contributed by atoms with Crippen LogP contribution in [0.3, 0.4) is 0 Å². The summed E-state index contributed by atoms with van der Waals surface area (Å²) in [5.41, 5.74) is 0. The zero-order valence-electron chi connectivity index (χ0n) is 9.46. The molecule has 1 aliphatic heterocycles. The molecule has 6 atom stereocenters. The fourth-order valence-electron chi connectivity index (χ4n) is 1.71. The van der Waals surface area contributed by atoms with Gasteiger partial charge in [-0.05, 0) is 0 Å². The minimum absolute atomic E-state index is 0.531. The second kappa shape index (κ2) is 6.48. The maximum absolute atomic E-state index is 10.9. The number of aliphatic hydroxyl groups is 3. The van der Waals surface area contributed by atoms with E-state index in [1.807, 2.05) is 0 Å². The summed E-state index contributed by atoms with van der Waals surface area (Å²) in [7, 11) is -3.03. The maximum atomic E-state index is 10.9. The first kappa shape index (κ1) is 15.4.